The van der Waals surface area contributed by atoms with Gasteiger partial charge in [-0.25, -0.2) is 0 Å². The number of rotatable bonds is 76. The lowest BCUT2D eigenvalue weighted by Gasteiger charge is -2.22. The Morgan fingerprint density at radius 2 is 0.580 bits per heavy atom. The zero-order chi connectivity index (χ0) is 63.5. The van der Waals surface area contributed by atoms with Crippen LogP contribution in [-0.4, -0.2) is 47.4 Å². The molecule has 0 aliphatic rings. The van der Waals surface area contributed by atoms with E-state index in [0.29, 0.717) is 25.9 Å². The number of esters is 1. The summed E-state index contributed by atoms with van der Waals surface area (Å²) in [5, 5.41) is 23.5. The van der Waals surface area contributed by atoms with E-state index in [1.807, 2.05) is 0 Å². The first-order chi connectivity index (χ1) is 43.5. The number of unbranched alkanes of at least 4 members (excludes halogenated alkanes) is 59. The van der Waals surface area contributed by atoms with Gasteiger partial charge in [0.1, 0.15) is 0 Å². The summed E-state index contributed by atoms with van der Waals surface area (Å²) in [4.78, 5) is 24.6. The van der Waals surface area contributed by atoms with Gasteiger partial charge >= 0.3 is 5.97 Å². The molecule has 0 aromatic heterocycles. The highest BCUT2D eigenvalue weighted by atomic mass is 16.5. The fourth-order valence-electron chi connectivity index (χ4n) is 12.8. The standard InChI is InChI=1S/C82H157NO5/c1-3-5-7-9-11-13-15-17-19-20-21-22-23-35-38-41-44-47-50-54-58-62-66-70-74-80(85)79(78-84)83-81(86)75-71-67-63-59-55-51-48-45-42-39-36-33-31-29-27-25-24-26-28-30-32-34-37-40-43-46-49-53-57-61-65-69-73-77-88-82(87)76-72-68-64-60-56-52-18-16-14-12-10-8-6-4-2/h10,12,16,18,28,30,79-80,84-85H,3-9,11,13-15,17,19-27,29,31-78H2,1-2H3,(H,83,86)/b12-10-,18-16-,30-28-. The summed E-state index contributed by atoms with van der Waals surface area (Å²) in [7, 11) is 0. The molecule has 6 nitrogen and oxygen atoms in total. The summed E-state index contributed by atoms with van der Waals surface area (Å²) in [5.74, 6) is -0.0217. The second-order valence-corrected chi connectivity index (χ2v) is 27.7. The lowest BCUT2D eigenvalue weighted by molar-refractivity contribution is -0.143. The summed E-state index contributed by atoms with van der Waals surface area (Å²) in [6.45, 7) is 4.95. The SMILES string of the molecule is CCCC/C=C\C/C=C\CCCCCCCC(=O)OCCCCCCCCCCCCCC/C=C\CCCCCCCCCCCCCCCCCCCC(=O)NC(CO)C(O)CCCCCCCCCCCCCCCCCCCCCCCCCC. The number of hydrogen-bond acceptors (Lipinski definition) is 5. The minimum absolute atomic E-state index is 0.00471. The molecule has 0 saturated heterocycles. The van der Waals surface area contributed by atoms with Crippen LogP contribution in [0.1, 0.15) is 450 Å². The van der Waals surface area contributed by atoms with Gasteiger partial charge in [0, 0.05) is 12.8 Å². The first-order valence-corrected chi connectivity index (χ1v) is 40.2. The Bertz CT molecular complexity index is 1430. The Kier molecular flexibility index (Phi) is 75.8. The lowest BCUT2D eigenvalue weighted by atomic mass is 10.0. The molecule has 2 atom stereocenters. The van der Waals surface area contributed by atoms with E-state index in [1.165, 1.54) is 366 Å². The molecule has 0 aliphatic carbocycles. The van der Waals surface area contributed by atoms with Crippen molar-refractivity contribution in [1.82, 2.24) is 5.32 Å². The van der Waals surface area contributed by atoms with Crippen molar-refractivity contribution in [1.29, 1.82) is 0 Å². The average Bonchev–Trinajstić information content (AvgIpc) is 3.58. The van der Waals surface area contributed by atoms with E-state index in [9.17, 15) is 19.8 Å². The summed E-state index contributed by atoms with van der Waals surface area (Å²) >= 11 is 0. The number of carbonyl (C=O) groups is 2. The number of ether oxygens (including phenoxy) is 1. The van der Waals surface area contributed by atoms with Gasteiger partial charge < -0.3 is 20.3 Å². The van der Waals surface area contributed by atoms with E-state index in [1.54, 1.807) is 0 Å². The number of aliphatic hydroxyl groups is 2. The van der Waals surface area contributed by atoms with Crippen LogP contribution in [0.4, 0.5) is 0 Å². The van der Waals surface area contributed by atoms with Gasteiger partial charge in [-0.3, -0.25) is 9.59 Å². The number of carbonyl (C=O) groups excluding carboxylic acids is 2. The third kappa shape index (κ3) is 73.1. The molecule has 0 bridgehead atoms. The van der Waals surface area contributed by atoms with E-state index in [0.717, 1.165) is 51.4 Å². The van der Waals surface area contributed by atoms with Crippen LogP contribution in [0.25, 0.3) is 0 Å². The second kappa shape index (κ2) is 77.5. The minimum Gasteiger partial charge on any atom is -0.466 e. The first kappa shape index (κ1) is 86.1. The molecular weight excluding hydrogens is 1080 g/mol. The van der Waals surface area contributed by atoms with E-state index < -0.39 is 12.1 Å². The maximum Gasteiger partial charge on any atom is 0.305 e. The molecular formula is C82H157NO5. The van der Waals surface area contributed by atoms with Crippen LogP contribution in [0.15, 0.2) is 36.5 Å². The zero-order valence-corrected chi connectivity index (χ0v) is 59.7. The Morgan fingerprint density at radius 3 is 0.909 bits per heavy atom. The molecule has 88 heavy (non-hydrogen) atoms. The van der Waals surface area contributed by atoms with Crippen molar-refractivity contribution in [2.24, 2.45) is 0 Å². The molecule has 0 fully saturated rings. The number of nitrogens with one attached hydrogen (secondary N) is 1. The fraction of sp³-hybridized carbons (Fsp3) is 0.902. The van der Waals surface area contributed by atoms with E-state index in [2.05, 4.69) is 55.6 Å². The van der Waals surface area contributed by atoms with E-state index >= 15 is 0 Å². The largest absolute Gasteiger partial charge is 0.466 e. The molecule has 0 saturated carbocycles. The van der Waals surface area contributed by atoms with Crippen LogP contribution in [0.3, 0.4) is 0 Å². The van der Waals surface area contributed by atoms with Crippen LogP contribution >= 0.6 is 0 Å². The molecule has 3 N–H and O–H groups in total. The molecule has 0 radical (unpaired) electrons. The summed E-state index contributed by atoms with van der Waals surface area (Å²) in [5.41, 5.74) is 0. The van der Waals surface area contributed by atoms with Crippen LogP contribution < -0.4 is 5.32 Å². The van der Waals surface area contributed by atoms with Crippen molar-refractivity contribution in [3.63, 3.8) is 0 Å². The normalized spacial score (nSPS) is 12.6. The molecule has 0 aliphatic heterocycles. The third-order valence-electron chi connectivity index (χ3n) is 18.9. The third-order valence-corrected chi connectivity index (χ3v) is 18.9. The van der Waals surface area contributed by atoms with Crippen molar-refractivity contribution in [2.75, 3.05) is 13.2 Å². The number of allylic oxidation sites excluding steroid dienone is 6. The summed E-state index contributed by atoms with van der Waals surface area (Å²) in [6, 6.07) is -0.541. The molecule has 0 aromatic rings. The van der Waals surface area contributed by atoms with Gasteiger partial charge in [-0.2, -0.15) is 0 Å². The van der Waals surface area contributed by atoms with Crippen molar-refractivity contribution in [3.05, 3.63) is 36.5 Å². The summed E-state index contributed by atoms with van der Waals surface area (Å²) < 4.78 is 5.49. The molecule has 0 rings (SSSR count). The molecule has 520 valence electrons. The number of amides is 1. The highest BCUT2D eigenvalue weighted by Gasteiger charge is 2.20. The highest BCUT2D eigenvalue weighted by Crippen LogP contribution is 2.20. The van der Waals surface area contributed by atoms with Gasteiger partial charge in [-0.05, 0) is 77.0 Å². The Morgan fingerprint density at radius 1 is 0.318 bits per heavy atom. The Hall–Kier alpha value is -1.92. The predicted octanol–water partition coefficient (Wildman–Crippen LogP) is 26.6. The molecule has 2 unspecified atom stereocenters. The molecule has 6 heteroatoms. The maximum atomic E-state index is 12.6. The van der Waals surface area contributed by atoms with Crippen LogP contribution in [0.2, 0.25) is 0 Å². The van der Waals surface area contributed by atoms with Crippen molar-refractivity contribution in [3.8, 4) is 0 Å². The lowest BCUT2D eigenvalue weighted by Crippen LogP contribution is -2.45. The fourth-order valence-corrected chi connectivity index (χ4v) is 12.8. The van der Waals surface area contributed by atoms with Gasteiger partial charge in [0.2, 0.25) is 5.91 Å². The average molecular weight is 1240 g/mol. The zero-order valence-electron chi connectivity index (χ0n) is 59.7. The molecule has 1 amide bonds. The minimum atomic E-state index is -0.664. The Balaban J connectivity index is 3.36. The Labute approximate surface area is 551 Å². The highest BCUT2D eigenvalue weighted by molar-refractivity contribution is 5.76. The van der Waals surface area contributed by atoms with Gasteiger partial charge in [0.25, 0.3) is 0 Å². The van der Waals surface area contributed by atoms with Crippen LogP contribution in [0, 0.1) is 0 Å². The topological polar surface area (TPSA) is 95.9 Å². The van der Waals surface area contributed by atoms with Gasteiger partial charge in [0.05, 0.1) is 25.4 Å². The maximum absolute atomic E-state index is 12.6. The summed E-state index contributed by atoms with van der Waals surface area (Å²) in [6.07, 6.45) is 101. The molecule has 0 heterocycles. The first-order valence-electron chi connectivity index (χ1n) is 40.2. The quantitative estimate of drug-likeness (QED) is 0.0320. The second-order valence-electron chi connectivity index (χ2n) is 27.7. The van der Waals surface area contributed by atoms with Crippen LogP contribution in [0.5, 0.6) is 0 Å². The van der Waals surface area contributed by atoms with Crippen LogP contribution in [-0.2, 0) is 14.3 Å². The monoisotopic (exact) mass is 1240 g/mol. The number of aliphatic hydroxyl groups excluding tert-OH is 2. The molecule has 0 spiro atoms. The van der Waals surface area contributed by atoms with E-state index in [4.69, 9.17) is 4.74 Å². The van der Waals surface area contributed by atoms with Gasteiger partial charge in [-0.1, -0.05) is 397 Å². The van der Waals surface area contributed by atoms with E-state index in [-0.39, 0.29) is 18.5 Å². The van der Waals surface area contributed by atoms with Crippen molar-refractivity contribution in [2.45, 2.75) is 463 Å². The predicted molar refractivity (Wildman–Crippen MR) is 389 cm³/mol. The molecule has 0 aromatic carbocycles. The van der Waals surface area contributed by atoms with Crippen molar-refractivity contribution < 1.29 is 24.5 Å². The van der Waals surface area contributed by atoms with Gasteiger partial charge in [0.15, 0.2) is 0 Å². The van der Waals surface area contributed by atoms with Gasteiger partial charge in [-0.15, -0.1) is 0 Å². The van der Waals surface area contributed by atoms with Crippen molar-refractivity contribution >= 4 is 11.9 Å². The smallest absolute Gasteiger partial charge is 0.305 e. The number of hydrogen-bond donors (Lipinski definition) is 3.